The van der Waals surface area contributed by atoms with Crippen LogP contribution < -0.4 is 5.73 Å². The zero-order valence-electron chi connectivity index (χ0n) is 14.6. The first-order valence-corrected chi connectivity index (χ1v) is 10.8. The fraction of sp³-hybridized carbons (Fsp3) is 1.00. The Balaban J connectivity index is 3.30. The summed E-state index contributed by atoms with van der Waals surface area (Å²) in [5.41, 5.74) is 5.31. The van der Waals surface area contributed by atoms with E-state index in [2.05, 4.69) is 33.9 Å². The number of rotatable bonds is 13. The van der Waals surface area contributed by atoms with E-state index in [0.29, 0.717) is 39.6 Å². The van der Waals surface area contributed by atoms with Crippen LogP contribution in [0.4, 0.5) is 0 Å². The highest BCUT2D eigenvalue weighted by Gasteiger charge is 2.36. The second kappa shape index (κ2) is 11.6. The molecule has 0 amide bonds. The highest BCUT2D eigenvalue weighted by molar-refractivity contribution is 6.74. The summed E-state index contributed by atoms with van der Waals surface area (Å²) in [6.07, 6.45) is 0.937. The van der Waals surface area contributed by atoms with Crippen molar-refractivity contribution in [2.75, 3.05) is 52.8 Å². The predicted octanol–water partition coefficient (Wildman–Crippen LogP) is 2.41. The van der Waals surface area contributed by atoms with Gasteiger partial charge in [0.1, 0.15) is 0 Å². The van der Waals surface area contributed by atoms with Crippen molar-refractivity contribution in [2.45, 2.75) is 45.3 Å². The van der Waals surface area contributed by atoms with Crippen LogP contribution in [0.5, 0.6) is 0 Å². The molecule has 0 unspecified atom stereocenters. The maximum absolute atomic E-state index is 6.08. The summed E-state index contributed by atoms with van der Waals surface area (Å²) in [6.45, 7) is 16.4. The molecular weight excluding hydrogens is 286 g/mol. The second-order valence-corrected chi connectivity index (χ2v) is 11.4. The van der Waals surface area contributed by atoms with E-state index in [0.717, 1.165) is 19.6 Å². The van der Waals surface area contributed by atoms with Gasteiger partial charge in [0.25, 0.3) is 0 Å². The van der Waals surface area contributed by atoms with Crippen LogP contribution in [-0.2, 0) is 18.6 Å². The molecule has 128 valence electrons. The molecule has 0 spiro atoms. The van der Waals surface area contributed by atoms with E-state index in [4.69, 9.17) is 24.4 Å². The molecule has 6 heteroatoms. The van der Waals surface area contributed by atoms with Crippen molar-refractivity contribution < 1.29 is 18.6 Å². The topological polar surface area (TPSA) is 62.9 Å². The summed E-state index contributed by atoms with van der Waals surface area (Å²) in [7, 11) is -1.61. The maximum atomic E-state index is 6.08. The first-order chi connectivity index (χ1) is 9.81. The van der Waals surface area contributed by atoms with Gasteiger partial charge in [0, 0.05) is 19.8 Å². The molecular formula is C15H35NO4Si. The molecule has 21 heavy (non-hydrogen) atoms. The van der Waals surface area contributed by atoms with E-state index in [1.165, 1.54) is 0 Å². The van der Waals surface area contributed by atoms with Crippen LogP contribution in [0.25, 0.3) is 0 Å². The second-order valence-electron chi connectivity index (χ2n) is 6.59. The Hall–Kier alpha value is 0.0169. The predicted molar refractivity (Wildman–Crippen MR) is 89.3 cm³/mol. The van der Waals surface area contributed by atoms with Gasteiger partial charge < -0.3 is 24.4 Å². The molecule has 0 fully saturated rings. The minimum atomic E-state index is -1.61. The average Bonchev–Trinajstić information content (AvgIpc) is 2.38. The quantitative estimate of drug-likeness (QED) is 0.417. The van der Waals surface area contributed by atoms with Crippen molar-refractivity contribution in [3.8, 4) is 0 Å². The van der Waals surface area contributed by atoms with Crippen molar-refractivity contribution in [3.05, 3.63) is 0 Å². The highest BCUT2D eigenvalue weighted by Crippen LogP contribution is 2.36. The lowest BCUT2D eigenvalue weighted by Crippen LogP contribution is -2.41. The van der Waals surface area contributed by atoms with E-state index in [1.54, 1.807) is 0 Å². The van der Waals surface area contributed by atoms with Crippen molar-refractivity contribution >= 4 is 8.32 Å². The standard InChI is InChI=1S/C15H35NO4Si/c1-15(2,3)21(4,5)20-9-6-8-17-11-13-19-14-12-18-10-7-16/h6-14,16H2,1-5H3. The Morgan fingerprint density at radius 2 is 1.24 bits per heavy atom. The first-order valence-electron chi connectivity index (χ1n) is 7.88. The zero-order chi connectivity index (χ0) is 16.2. The van der Waals surface area contributed by atoms with Gasteiger partial charge in [-0.25, -0.2) is 0 Å². The van der Waals surface area contributed by atoms with Crippen LogP contribution >= 0.6 is 0 Å². The Labute approximate surface area is 131 Å². The normalized spacial score (nSPS) is 12.9. The van der Waals surface area contributed by atoms with E-state index < -0.39 is 8.32 Å². The Morgan fingerprint density at radius 1 is 0.762 bits per heavy atom. The molecule has 0 saturated heterocycles. The van der Waals surface area contributed by atoms with Crippen LogP contribution in [0.3, 0.4) is 0 Å². The number of ether oxygens (including phenoxy) is 3. The molecule has 2 N–H and O–H groups in total. The molecule has 5 nitrogen and oxygen atoms in total. The molecule has 0 rings (SSSR count). The van der Waals surface area contributed by atoms with Gasteiger partial charge in [0.2, 0.25) is 0 Å². The van der Waals surface area contributed by atoms with Crippen LogP contribution in [0.15, 0.2) is 0 Å². The van der Waals surface area contributed by atoms with Crippen molar-refractivity contribution in [3.63, 3.8) is 0 Å². The smallest absolute Gasteiger partial charge is 0.191 e. The lowest BCUT2D eigenvalue weighted by molar-refractivity contribution is 0.0139. The van der Waals surface area contributed by atoms with Gasteiger partial charge in [0.15, 0.2) is 8.32 Å². The SMILES string of the molecule is CC(C)(C)[Si](C)(C)OCCCOCCOCCOCCN. The third-order valence-electron chi connectivity index (χ3n) is 3.71. The summed E-state index contributed by atoms with van der Waals surface area (Å²) in [5.74, 6) is 0. The monoisotopic (exact) mass is 321 g/mol. The molecule has 0 aromatic rings. The van der Waals surface area contributed by atoms with Crippen LogP contribution in [0, 0.1) is 0 Å². The fourth-order valence-corrected chi connectivity index (χ4v) is 2.42. The van der Waals surface area contributed by atoms with E-state index >= 15 is 0 Å². The lowest BCUT2D eigenvalue weighted by atomic mass is 10.2. The van der Waals surface area contributed by atoms with E-state index in [9.17, 15) is 0 Å². The Morgan fingerprint density at radius 3 is 1.71 bits per heavy atom. The van der Waals surface area contributed by atoms with Gasteiger partial charge in [-0.3, -0.25) is 0 Å². The van der Waals surface area contributed by atoms with Gasteiger partial charge in [-0.15, -0.1) is 0 Å². The molecule has 0 aromatic heterocycles. The Kier molecular flexibility index (Phi) is 11.6. The Bertz CT molecular complexity index is 244. The summed E-state index contributed by atoms with van der Waals surface area (Å²) in [6, 6.07) is 0. The lowest BCUT2D eigenvalue weighted by Gasteiger charge is -2.36. The third kappa shape index (κ3) is 11.3. The minimum Gasteiger partial charge on any atom is -0.417 e. The molecule has 0 radical (unpaired) electrons. The van der Waals surface area contributed by atoms with Crippen LogP contribution in [0.2, 0.25) is 18.1 Å². The molecule has 0 aromatic carbocycles. The average molecular weight is 322 g/mol. The fourth-order valence-electron chi connectivity index (χ4n) is 1.33. The van der Waals surface area contributed by atoms with Gasteiger partial charge in [-0.1, -0.05) is 20.8 Å². The first kappa shape index (κ1) is 21.0. The van der Waals surface area contributed by atoms with Crippen molar-refractivity contribution in [1.29, 1.82) is 0 Å². The minimum absolute atomic E-state index is 0.271. The summed E-state index contributed by atoms with van der Waals surface area (Å²) in [4.78, 5) is 0. The summed E-state index contributed by atoms with van der Waals surface area (Å²) >= 11 is 0. The summed E-state index contributed by atoms with van der Waals surface area (Å²) < 4.78 is 22.2. The third-order valence-corrected chi connectivity index (χ3v) is 8.25. The zero-order valence-corrected chi connectivity index (χ0v) is 15.6. The van der Waals surface area contributed by atoms with Gasteiger partial charge in [0.05, 0.1) is 33.0 Å². The summed E-state index contributed by atoms with van der Waals surface area (Å²) in [5, 5.41) is 0.271. The van der Waals surface area contributed by atoms with E-state index in [-0.39, 0.29) is 5.04 Å². The molecule has 0 heterocycles. The highest BCUT2D eigenvalue weighted by atomic mass is 28.4. The van der Waals surface area contributed by atoms with Gasteiger partial charge in [-0.05, 0) is 24.6 Å². The molecule has 0 aliphatic carbocycles. The van der Waals surface area contributed by atoms with Gasteiger partial charge in [-0.2, -0.15) is 0 Å². The molecule has 0 bridgehead atoms. The number of hydrogen-bond donors (Lipinski definition) is 1. The number of hydrogen-bond acceptors (Lipinski definition) is 5. The van der Waals surface area contributed by atoms with Gasteiger partial charge >= 0.3 is 0 Å². The molecule has 0 aliphatic rings. The molecule has 0 aliphatic heterocycles. The maximum Gasteiger partial charge on any atom is 0.191 e. The molecule has 0 saturated carbocycles. The van der Waals surface area contributed by atoms with Crippen molar-refractivity contribution in [2.24, 2.45) is 5.73 Å². The van der Waals surface area contributed by atoms with E-state index in [1.807, 2.05) is 0 Å². The largest absolute Gasteiger partial charge is 0.417 e. The van der Waals surface area contributed by atoms with Crippen LogP contribution in [-0.4, -0.2) is 61.1 Å². The molecule has 0 atom stereocenters. The van der Waals surface area contributed by atoms with Crippen LogP contribution in [0.1, 0.15) is 27.2 Å². The van der Waals surface area contributed by atoms with Crippen molar-refractivity contribution in [1.82, 2.24) is 0 Å². The number of nitrogens with two attached hydrogens (primary N) is 1.